The van der Waals surface area contributed by atoms with Crippen molar-refractivity contribution in [2.75, 3.05) is 0 Å². The predicted molar refractivity (Wildman–Crippen MR) is 75.0 cm³/mol. The Morgan fingerprint density at radius 2 is 2.00 bits per heavy atom. The molecule has 7 heteroatoms. The molecule has 0 radical (unpaired) electrons. The predicted octanol–water partition coefficient (Wildman–Crippen LogP) is 2.47. The van der Waals surface area contributed by atoms with Crippen molar-refractivity contribution in [3.63, 3.8) is 0 Å². The molecule has 0 fully saturated rings. The van der Waals surface area contributed by atoms with Gasteiger partial charge in [0.15, 0.2) is 0 Å². The molecule has 0 saturated heterocycles. The number of rotatable bonds is 4. The standard InChI is InChI=1S/C15H13F2N3O2/c16-15(17,13(21)11-2-1-7-18-8-11)12-5-3-10(4-6-12)14-19-9-20-22-14/h1-9,13-14,21H,(H,19,20). The SMILES string of the molecule is OC(c1cccnc1)C(F)(F)c1ccc(C2N=CNO2)cc1. The monoisotopic (exact) mass is 305 g/mol. The van der Waals surface area contributed by atoms with E-state index in [9.17, 15) is 13.9 Å². The molecule has 0 saturated carbocycles. The molecule has 2 atom stereocenters. The highest BCUT2D eigenvalue weighted by atomic mass is 19.3. The first-order valence-electron chi connectivity index (χ1n) is 6.58. The Labute approximate surface area is 125 Å². The number of halogens is 2. The Morgan fingerprint density at radius 3 is 2.59 bits per heavy atom. The summed E-state index contributed by atoms with van der Waals surface area (Å²) < 4.78 is 28.8. The van der Waals surface area contributed by atoms with Gasteiger partial charge in [0.1, 0.15) is 12.4 Å². The van der Waals surface area contributed by atoms with Crippen LogP contribution in [0.5, 0.6) is 0 Å². The molecule has 2 heterocycles. The van der Waals surface area contributed by atoms with Gasteiger partial charge in [-0.05, 0) is 6.07 Å². The first kappa shape index (κ1) is 14.6. The summed E-state index contributed by atoms with van der Waals surface area (Å²) >= 11 is 0. The maximum atomic E-state index is 14.4. The number of aliphatic hydroxyl groups excluding tert-OH is 1. The molecule has 3 rings (SSSR count). The highest BCUT2D eigenvalue weighted by Crippen LogP contribution is 2.40. The minimum absolute atomic E-state index is 0.0597. The molecule has 0 aliphatic carbocycles. The van der Waals surface area contributed by atoms with E-state index in [0.717, 1.165) is 0 Å². The number of hydrogen-bond acceptors (Lipinski definition) is 5. The maximum Gasteiger partial charge on any atom is 0.302 e. The average molecular weight is 305 g/mol. The second-order valence-electron chi connectivity index (χ2n) is 4.80. The van der Waals surface area contributed by atoms with Gasteiger partial charge in [-0.2, -0.15) is 8.78 Å². The van der Waals surface area contributed by atoms with Crippen LogP contribution in [0.15, 0.2) is 53.8 Å². The van der Waals surface area contributed by atoms with E-state index in [1.54, 1.807) is 0 Å². The number of nitrogens with one attached hydrogen (secondary N) is 1. The van der Waals surface area contributed by atoms with Crippen LogP contribution in [0.3, 0.4) is 0 Å². The van der Waals surface area contributed by atoms with Gasteiger partial charge in [0, 0.05) is 29.1 Å². The van der Waals surface area contributed by atoms with E-state index in [0.29, 0.717) is 5.56 Å². The van der Waals surface area contributed by atoms with Crippen LogP contribution >= 0.6 is 0 Å². The van der Waals surface area contributed by atoms with Crippen molar-refractivity contribution in [3.8, 4) is 0 Å². The van der Waals surface area contributed by atoms with Gasteiger partial charge in [0.05, 0.1) is 0 Å². The summed E-state index contributed by atoms with van der Waals surface area (Å²) in [5, 5.41) is 9.93. The highest BCUT2D eigenvalue weighted by molar-refractivity contribution is 5.54. The summed E-state index contributed by atoms with van der Waals surface area (Å²) in [6.07, 6.45) is 1.55. The first-order chi connectivity index (χ1) is 10.6. The Kier molecular flexibility index (Phi) is 3.82. The number of aromatic nitrogens is 1. The minimum atomic E-state index is -3.43. The zero-order valence-corrected chi connectivity index (χ0v) is 11.4. The molecule has 2 unspecified atom stereocenters. The van der Waals surface area contributed by atoms with Crippen molar-refractivity contribution in [2.45, 2.75) is 18.3 Å². The molecule has 1 aromatic carbocycles. The normalized spacial score (nSPS) is 19.0. The van der Waals surface area contributed by atoms with Gasteiger partial charge in [-0.15, -0.1) is 0 Å². The van der Waals surface area contributed by atoms with Crippen LogP contribution in [0.25, 0.3) is 0 Å². The molecule has 0 bridgehead atoms. The third kappa shape index (κ3) is 2.68. The molecule has 1 aliphatic rings. The minimum Gasteiger partial charge on any atom is -0.382 e. The van der Waals surface area contributed by atoms with Crippen LogP contribution < -0.4 is 5.48 Å². The second kappa shape index (κ2) is 5.78. The van der Waals surface area contributed by atoms with Gasteiger partial charge in [-0.3, -0.25) is 10.5 Å². The number of hydroxylamine groups is 1. The largest absolute Gasteiger partial charge is 0.382 e. The quantitative estimate of drug-likeness (QED) is 0.910. The molecule has 1 aromatic heterocycles. The Balaban J connectivity index is 1.84. The number of benzene rings is 1. The fourth-order valence-electron chi connectivity index (χ4n) is 2.15. The van der Waals surface area contributed by atoms with E-state index in [2.05, 4.69) is 15.5 Å². The lowest BCUT2D eigenvalue weighted by atomic mass is 9.97. The molecule has 2 N–H and O–H groups in total. The number of pyridine rings is 1. The Hall–Kier alpha value is -2.38. The summed E-state index contributed by atoms with van der Waals surface area (Å²) in [7, 11) is 0. The molecule has 2 aromatic rings. The van der Waals surface area contributed by atoms with Gasteiger partial charge in [-0.25, -0.2) is 9.83 Å². The van der Waals surface area contributed by atoms with Crippen LogP contribution in [-0.2, 0) is 10.8 Å². The van der Waals surface area contributed by atoms with Crippen LogP contribution in [0, 0.1) is 0 Å². The van der Waals surface area contributed by atoms with E-state index in [-0.39, 0.29) is 11.1 Å². The lowest BCUT2D eigenvalue weighted by Gasteiger charge is -2.23. The summed E-state index contributed by atoms with van der Waals surface area (Å²) in [6, 6.07) is 8.41. The number of hydrogen-bond donors (Lipinski definition) is 2. The Morgan fingerprint density at radius 1 is 1.23 bits per heavy atom. The van der Waals surface area contributed by atoms with E-state index in [1.807, 2.05) is 0 Å². The molecule has 5 nitrogen and oxygen atoms in total. The second-order valence-corrected chi connectivity index (χ2v) is 4.80. The van der Waals surface area contributed by atoms with Crippen molar-refractivity contribution in [2.24, 2.45) is 4.99 Å². The third-order valence-corrected chi connectivity index (χ3v) is 3.37. The van der Waals surface area contributed by atoms with Gasteiger partial charge in [0.2, 0.25) is 6.23 Å². The van der Waals surface area contributed by atoms with Gasteiger partial charge < -0.3 is 5.11 Å². The molecule has 1 aliphatic heterocycles. The fraction of sp³-hybridized carbons (Fsp3) is 0.200. The number of alkyl halides is 2. The van der Waals surface area contributed by atoms with Crippen molar-refractivity contribution >= 4 is 6.34 Å². The molecular weight excluding hydrogens is 292 g/mol. The van der Waals surface area contributed by atoms with Crippen molar-refractivity contribution in [1.29, 1.82) is 0 Å². The van der Waals surface area contributed by atoms with Crippen molar-refractivity contribution in [1.82, 2.24) is 10.5 Å². The van der Waals surface area contributed by atoms with Gasteiger partial charge in [-0.1, -0.05) is 30.3 Å². The summed E-state index contributed by atoms with van der Waals surface area (Å²) in [5.41, 5.74) is 2.87. The van der Waals surface area contributed by atoms with E-state index in [1.165, 1.54) is 55.1 Å². The lowest BCUT2D eigenvalue weighted by molar-refractivity contribution is -0.118. The zero-order chi connectivity index (χ0) is 15.6. The lowest BCUT2D eigenvalue weighted by Crippen LogP contribution is -2.24. The summed E-state index contributed by atoms with van der Waals surface area (Å²) in [5.74, 6) is -3.43. The molecule has 0 spiro atoms. The van der Waals surface area contributed by atoms with Crippen molar-refractivity contribution in [3.05, 3.63) is 65.5 Å². The van der Waals surface area contributed by atoms with Crippen molar-refractivity contribution < 1.29 is 18.7 Å². The number of aliphatic imine (C=N–C) groups is 1. The third-order valence-electron chi connectivity index (χ3n) is 3.37. The first-order valence-corrected chi connectivity index (χ1v) is 6.58. The van der Waals surface area contributed by atoms with Crippen LogP contribution in [0.2, 0.25) is 0 Å². The van der Waals surface area contributed by atoms with Gasteiger partial charge in [0.25, 0.3) is 0 Å². The topological polar surface area (TPSA) is 66.7 Å². The molecule has 114 valence electrons. The van der Waals surface area contributed by atoms with Crippen LogP contribution in [0.4, 0.5) is 8.78 Å². The average Bonchev–Trinajstić information content (AvgIpc) is 3.09. The number of nitrogens with zero attached hydrogens (tertiary/aromatic N) is 2. The highest BCUT2D eigenvalue weighted by Gasteiger charge is 2.41. The molecule has 0 amide bonds. The van der Waals surface area contributed by atoms with E-state index < -0.39 is 18.3 Å². The molecule has 22 heavy (non-hydrogen) atoms. The zero-order valence-electron chi connectivity index (χ0n) is 11.4. The smallest absolute Gasteiger partial charge is 0.302 e. The molecular formula is C15H13F2N3O2. The number of aliphatic hydroxyl groups is 1. The Bertz CT molecular complexity index is 662. The summed E-state index contributed by atoms with van der Waals surface area (Å²) in [4.78, 5) is 12.8. The fourth-order valence-corrected chi connectivity index (χ4v) is 2.15. The summed E-state index contributed by atoms with van der Waals surface area (Å²) in [6.45, 7) is 0. The van der Waals surface area contributed by atoms with E-state index >= 15 is 0 Å². The maximum absolute atomic E-state index is 14.4. The van der Waals surface area contributed by atoms with Crippen LogP contribution in [-0.4, -0.2) is 16.4 Å². The van der Waals surface area contributed by atoms with Gasteiger partial charge >= 0.3 is 5.92 Å². The van der Waals surface area contributed by atoms with E-state index in [4.69, 9.17) is 4.84 Å². The van der Waals surface area contributed by atoms with Crippen LogP contribution in [0.1, 0.15) is 29.0 Å².